The maximum absolute atomic E-state index is 12.1. The highest BCUT2D eigenvalue weighted by atomic mass is 79.9. The highest BCUT2D eigenvalue weighted by molar-refractivity contribution is 9.10. The first-order chi connectivity index (χ1) is 8.54. The Labute approximate surface area is 121 Å². The maximum Gasteiger partial charge on any atom is 0.251 e. The quantitative estimate of drug-likeness (QED) is 0.870. The van der Waals surface area contributed by atoms with Gasteiger partial charge in [-0.15, -0.1) is 0 Å². The predicted octanol–water partition coefficient (Wildman–Crippen LogP) is 4.41. The van der Waals surface area contributed by atoms with Gasteiger partial charge in [0.25, 0.3) is 5.91 Å². The molecule has 2 rings (SSSR count). The van der Waals surface area contributed by atoms with E-state index in [9.17, 15) is 4.79 Å². The average molecular weight is 331 g/mol. The van der Waals surface area contributed by atoms with Crippen molar-refractivity contribution in [1.82, 2.24) is 5.32 Å². The van der Waals surface area contributed by atoms with E-state index in [1.54, 1.807) is 18.2 Å². The molecule has 1 N–H and O–H groups in total. The van der Waals surface area contributed by atoms with Gasteiger partial charge in [-0.25, -0.2) is 0 Å². The van der Waals surface area contributed by atoms with Crippen molar-refractivity contribution < 1.29 is 4.79 Å². The number of halogens is 2. The number of carbonyl (C=O) groups is 1. The highest BCUT2D eigenvalue weighted by Crippen LogP contribution is 2.43. The van der Waals surface area contributed by atoms with E-state index in [1.165, 1.54) is 19.3 Å². The van der Waals surface area contributed by atoms with Crippen LogP contribution >= 0.6 is 27.5 Å². The third-order valence-electron chi connectivity index (χ3n) is 3.91. The zero-order chi connectivity index (χ0) is 13.2. The van der Waals surface area contributed by atoms with Gasteiger partial charge in [-0.05, 0) is 42.9 Å². The smallest absolute Gasteiger partial charge is 0.251 e. The molecule has 1 aliphatic carbocycles. The third kappa shape index (κ3) is 3.07. The van der Waals surface area contributed by atoms with Gasteiger partial charge in [-0.1, -0.05) is 40.9 Å². The molecule has 1 saturated carbocycles. The van der Waals surface area contributed by atoms with Crippen molar-refractivity contribution in [3.05, 3.63) is 33.3 Å². The largest absolute Gasteiger partial charge is 0.351 e. The van der Waals surface area contributed by atoms with Gasteiger partial charge in [0.1, 0.15) is 0 Å². The third-order valence-corrected chi connectivity index (χ3v) is 4.59. The molecule has 0 atom stereocenters. The fourth-order valence-electron chi connectivity index (χ4n) is 2.39. The molecule has 2 nitrogen and oxygen atoms in total. The lowest BCUT2D eigenvalue weighted by molar-refractivity contribution is 0.0850. The van der Waals surface area contributed by atoms with Crippen LogP contribution in [0.3, 0.4) is 0 Å². The van der Waals surface area contributed by atoms with Crippen LogP contribution in [0.5, 0.6) is 0 Å². The minimum absolute atomic E-state index is 0.0436. The number of hydrogen-bond acceptors (Lipinski definition) is 1. The molecule has 1 aromatic carbocycles. The molecule has 0 aromatic heterocycles. The van der Waals surface area contributed by atoms with Crippen LogP contribution in [-0.4, -0.2) is 12.5 Å². The maximum atomic E-state index is 12.1. The Bertz CT molecular complexity index is 431. The molecular weight excluding hydrogens is 314 g/mol. The Hall–Kier alpha value is -0.540. The van der Waals surface area contributed by atoms with E-state index in [0.717, 1.165) is 17.4 Å². The Morgan fingerprint density at radius 1 is 1.44 bits per heavy atom. The summed E-state index contributed by atoms with van der Waals surface area (Å²) in [4.78, 5) is 12.1. The number of hydrogen-bond donors (Lipinski definition) is 1. The summed E-state index contributed by atoms with van der Waals surface area (Å²) in [5.41, 5.74) is 0.950. The van der Waals surface area contributed by atoms with Crippen LogP contribution in [0.2, 0.25) is 5.02 Å². The zero-order valence-corrected chi connectivity index (χ0v) is 12.8. The molecule has 18 heavy (non-hydrogen) atoms. The van der Waals surface area contributed by atoms with Crippen LogP contribution in [0.1, 0.15) is 43.0 Å². The van der Waals surface area contributed by atoms with Crippen molar-refractivity contribution >= 4 is 33.4 Å². The van der Waals surface area contributed by atoms with E-state index in [1.807, 2.05) is 0 Å². The van der Waals surface area contributed by atoms with E-state index in [2.05, 4.69) is 28.2 Å². The summed E-state index contributed by atoms with van der Waals surface area (Å²) < 4.78 is 0.828. The molecule has 1 fully saturated rings. The molecule has 4 heteroatoms. The summed E-state index contributed by atoms with van der Waals surface area (Å²) in [5.74, 6) is -0.0436. The number of amides is 1. The number of carbonyl (C=O) groups excluding carboxylic acids is 1. The van der Waals surface area contributed by atoms with Crippen molar-refractivity contribution in [2.24, 2.45) is 5.41 Å². The summed E-state index contributed by atoms with van der Waals surface area (Å²) >= 11 is 9.29. The second kappa shape index (κ2) is 5.62. The second-order valence-electron chi connectivity index (χ2n) is 5.05. The Morgan fingerprint density at radius 3 is 2.67 bits per heavy atom. The number of benzene rings is 1. The summed E-state index contributed by atoms with van der Waals surface area (Å²) in [6.07, 6.45) is 4.87. The SMILES string of the molecule is CCC1(CNC(=O)c2cc(Cl)cc(Br)c2)CCC1. The fourth-order valence-corrected chi connectivity index (χ4v) is 3.25. The van der Waals surface area contributed by atoms with Gasteiger partial charge in [-0.2, -0.15) is 0 Å². The summed E-state index contributed by atoms with van der Waals surface area (Å²) in [7, 11) is 0. The Morgan fingerprint density at radius 2 is 2.17 bits per heavy atom. The molecule has 0 radical (unpaired) electrons. The standard InChI is InChI=1S/C14H17BrClNO/c1-2-14(4-3-5-14)9-17-13(18)10-6-11(15)8-12(16)7-10/h6-8H,2-5,9H2,1H3,(H,17,18). The predicted molar refractivity (Wildman–Crippen MR) is 78.1 cm³/mol. The Kier molecular flexibility index (Phi) is 4.33. The van der Waals surface area contributed by atoms with Gasteiger partial charge in [0.2, 0.25) is 0 Å². The molecule has 1 aliphatic rings. The monoisotopic (exact) mass is 329 g/mol. The van der Waals surface area contributed by atoms with E-state index in [-0.39, 0.29) is 5.91 Å². The highest BCUT2D eigenvalue weighted by Gasteiger charge is 2.35. The van der Waals surface area contributed by atoms with Gasteiger partial charge in [0.05, 0.1) is 0 Å². The van der Waals surface area contributed by atoms with Crippen molar-refractivity contribution in [2.75, 3.05) is 6.54 Å². The van der Waals surface area contributed by atoms with E-state index in [0.29, 0.717) is 16.0 Å². The van der Waals surface area contributed by atoms with Crippen molar-refractivity contribution in [1.29, 1.82) is 0 Å². The second-order valence-corrected chi connectivity index (χ2v) is 6.40. The van der Waals surface area contributed by atoms with Gasteiger partial charge in [-0.3, -0.25) is 4.79 Å². The molecule has 1 aromatic rings. The minimum Gasteiger partial charge on any atom is -0.351 e. The van der Waals surface area contributed by atoms with Gasteiger partial charge >= 0.3 is 0 Å². The molecule has 0 unspecified atom stereocenters. The van der Waals surface area contributed by atoms with Gasteiger partial charge < -0.3 is 5.32 Å². The molecule has 0 saturated heterocycles. The number of rotatable bonds is 4. The lowest BCUT2D eigenvalue weighted by Crippen LogP contribution is -2.41. The van der Waals surface area contributed by atoms with Crippen LogP contribution < -0.4 is 5.32 Å². The van der Waals surface area contributed by atoms with E-state index < -0.39 is 0 Å². The van der Waals surface area contributed by atoms with Gasteiger partial charge in [0, 0.05) is 21.6 Å². The van der Waals surface area contributed by atoms with Crippen LogP contribution in [0.15, 0.2) is 22.7 Å². The summed E-state index contributed by atoms with van der Waals surface area (Å²) in [6, 6.07) is 5.26. The van der Waals surface area contributed by atoms with Crippen LogP contribution in [0, 0.1) is 5.41 Å². The normalized spacial score (nSPS) is 17.1. The van der Waals surface area contributed by atoms with E-state index >= 15 is 0 Å². The Balaban J connectivity index is 1.99. The average Bonchev–Trinajstić information content (AvgIpc) is 2.26. The van der Waals surface area contributed by atoms with Crippen molar-refractivity contribution in [3.63, 3.8) is 0 Å². The van der Waals surface area contributed by atoms with Crippen LogP contribution in [0.4, 0.5) is 0 Å². The topological polar surface area (TPSA) is 29.1 Å². The molecule has 0 spiro atoms. The summed E-state index contributed by atoms with van der Waals surface area (Å²) in [6.45, 7) is 2.97. The molecule has 0 aliphatic heterocycles. The molecular formula is C14H17BrClNO. The van der Waals surface area contributed by atoms with E-state index in [4.69, 9.17) is 11.6 Å². The number of nitrogens with one attached hydrogen (secondary N) is 1. The first-order valence-corrected chi connectivity index (χ1v) is 7.46. The summed E-state index contributed by atoms with van der Waals surface area (Å²) in [5, 5.41) is 3.60. The van der Waals surface area contributed by atoms with Crippen LogP contribution in [0.25, 0.3) is 0 Å². The first kappa shape index (κ1) is 13.9. The van der Waals surface area contributed by atoms with Crippen molar-refractivity contribution in [3.8, 4) is 0 Å². The first-order valence-electron chi connectivity index (χ1n) is 6.29. The van der Waals surface area contributed by atoms with Crippen molar-refractivity contribution in [2.45, 2.75) is 32.6 Å². The minimum atomic E-state index is -0.0436. The molecule has 1 amide bonds. The lowest BCUT2D eigenvalue weighted by Gasteiger charge is -2.41. The molecule has 0 bridgehead atoms. The molecule has 98 valence electrons. The van der Waals surface area contributed by atoms with Gasteiger partial charge in [0.15, 0.2) is 0 Å². The molecule has 0 heterocycles. The zero-order valence-electron chi connectivity index (χ0n) is 10.4. The fraction of sp³-hybridized carbons (Fsp3) is 0.500. The van der Waals surface area contributed by atoms with Crippen LogP contribution in [-0.2, 0) is 0 Å². The lowest BCUT2D eigenvalue weighted by atomic mass is 9.67.